The van der Waals surface area contributed by atoms with Gasteiger partial charge in [-0.2, -0.15) is 0 Å². The molecule has 7 nitrogen and oxygen atoms in total. The molecule has 3 fully saturated rings. The first-order valence-electron chi connectivity index (χ1n) is 12.6. The van der Waals surface area contributed by atoms with Crippen LogP contribution in [-0.2, 0) is 19.1 Å². The lowest BCUT2D eigenvalue weighted by Crippen LogP contribution is -2.56. The number of nitrogens with zero attached hydrogens (tertiary/aromatic N) is 1. The molecule has 2 saturated heterocycles. The van der Waals surface area contributed by atoms with Crippen molar-refractivity contribution in [2.24, 2.45) is 11.8 Å². The summed E-state index contributed by atoms with van der Waals surface area (Å²) < 4.78 is 6.36. The minimum atomic E-state index is -1.14. The SMILES string of the molecule is CCCCN1C(=O)[C@@H]2[C@@H](C(=O)Nc3cc(Cl)cc(Cl)c3)[C@@H]3C=C[C@@]2(O3)[C@H]1C(=O)NC1CCCCC1. The van der Waals surface area contributed by atoms with E-state index in [0.29, 0.717) is 22.3 Å². The Balaban J connectivity index is 1.43. The zero-order valence-electron chi connectivity index (χ0n) is 19.8. The summed E-state index contributed by atoms with van der Waals surface area (Å²) >= 11 is 12.2. The second kappa shape index (κ2) is 9.75. The molecule has 188 valence electrons. The molecule has 4 aliphatic rings. The second-order valence-corrected chi connectivity index (χ2v) is 11.0. The van der Waals surface area contributed by atoms with E-state index in [1.807, 2.05) is 19.1 Å². The third-order valence-corrected chi connectivity index (χ3v) is 8.20. The Labute approximate surface area is 215 Å². The number of amides is 3. The van der Waals surface area contributed by atoms with E-state index in [9.17, 15) is 14.4 Å². The van der Waals surface area contributed by atoms with E-state index in [4.69, 9.17) is 27.9 Å². The lowest BCUT2D eigenvalue weighted by atomic mass is 9.74. The molecule has 0 unspecified atom stereocenters. The minimum Gasteiger partial charge on any atom is -0.359 e. The number of halogens is 2. The predicted octanol–water partition coefficient (Wildman–Crippen LogP) is 4.33. The fourth-order valence-electron chi connectivity index (χ4n) is 6.21. The van der Waals surface area contributed by atoms with E-state index in [2.05, 4.69) is 10.6 Å². The number of fused-ring (bicyclic) bond motifs is 1. The molecular weight excluding hydrogens is 489 g/mol. The summed E-state index contributed by atoms with van der Waals surface area (Å²) in [5, 5.41) is 6.85. The summed E-state index contributed by atoms with van der Waals surface area (Å²) in [5.74, 6) is -2.23. The molecule has 35 heavy (non-hydrogen) atoms. The maximum absolute atomic E-state index is 13.8. The standard InChI is InChI=1S/C26H31Cl2N3O4/c1-2-3-11-31-22(24(33)29-17-7-5-4-6-8-17)26-10-9-19(35-26)20(21(26)25(31)34)23(32)30-18-13-15(27)12-16(28)14-18/h9-10,12-14,17,19-22H,2-8,11H2,1H3,(H,29,33)(H,30,32)/t19-,20-,21-,22+,26-/m0/s1. The highest BCUT2D eigenvalue weighted by molar-refractivity contribution is 6.35. The molecule has 0 radical (unpaired) electrons. The van der Waals surface area contributed by atoms with Crippen molar-refractivity contribution in [2.75, 3.05) is 11.9 Å². The average molecular weight is 520 g/mol. The monoisotopic (exact) mass is 519 g/mol. The maximum Gasteiger partial charge on any atom is 0.246 e. The van der Waals surface area contributed by atoms with Crippen LogP contribution in [0.2, 0.25) is 10.0 Å². The first-order chi connectivity index (χ1) is 16.8. The second-order valence-electron chi connectivity index (χ2n) is 10.1. The van der Waals surface area contributed by atoms with Gasteiger partial charge in [0.05, 0.1) is 17.9 Å². The summed E-state index contributed by atoms with van der Waals surface area (Å²) in [5.41, 5.74) is -0.685. The van der Waals surface area contributed by atoms with Crippen LogP contribution in [0.1, 0.15) is 51.9 Å². The molecule has 3 aliphatic heterocycles. The zero-order chi connectivity index (χ0) is 24.7. The van der Waals surface area contributed by atoms with Gasteiger partial charge in [0.2, 0.25) is 17.7 Å². The van der Waals surface area contributed by atoms with Gasteiger partial charge in [0.1, 0.15) is 11.6 Å². The summed E-state index contributed by atoms with van der Waals surface area (Å²) in [6.07, 6.45) is 10.0. The van der Waals surface area contributed by atoms with Crippen molar-refractivity contribution < 1.29 is 19.1 Å². The Morgan fingerprint density at radius 3 is 2.51 bits per heavy atom. The number of hydrogen-bond acceptors (Lipinski definition) is 4. The van der Waals surface area contributed by atoms with E-state index in [0.717, 1.165) is 38.5 Å². The highest BCUT2D eigenvalue weighted by atomic mass is 35.5. The Morgan fingerprint density at radius 1 is 1.11 bits per heavy atom. The Hall–Kier alpha value is -2.09. The number of nitrogens with one attached hydrogen (secondary N) is 2. The molecule has 1 aliphatic carbocycles. The number of anilines is 1. The van der Waals surface area contributed by atoms with Gasteiger partial charge < -0.3 is 20.3 Å². The molecule has 2 N–H and O–H groups in total. The van der Waals surface area contributed by atoms with Crippen LogP contribution in [-0.4, -0.2) is 53.0 Å². The normalized spacial score (nSPS) is 31.6. The summed E-state index contributed by atoms with van der Waals surface area (Å²) in [4.78, 5) is 42.5. The molecule has 5 atom stereocenters. The van der Waals surface area contributed by atoms with Gasteiger partial charge in [-0.15, -0.1) is 0 Å². The molecule has 1 spiro atoms. The van der Waals surface area contributed by atoms with Crippen molar-refractivity contribution in [2.45, 2.75) is 75.7 Å². The number of carbonyl (C=O) groups excluding carboxylic acids is 3. The summed E-state index contributed by atoms with van der Waals surface area (Å²) in [6.45, 7) is 2.50. The molecule has 9 heteroatoms. The smallest absolute Gasteiger partial charge is 0.246 e. The van der Waals surface area contributed by atoms with Crippen LogP contribution in [0, 0.1) is 11.8 Å². The third-order valence-electron chi connectivity index (χ3n) is 7.76. The van der Waals surface area contributed by atoms with Crippen LogP contribution in [0.15, 0.2) is 30.4 Å². The van der Waals surface area contributed by atoms with Crippen molar-refractivity contribution in [3.63, 3.8) is 0 Å². The van der Waals surface area contributed by atoms with Crippen molar-refractivity contribution in [1.82, 2.24) is 10.2 Å². The van der Waals surface area contributed by atoms with Gasteiger partial charge in [-0.3, -0.25) is 14.4 Å². The first-order valence-corrected chi connectivity index (χ1v) is 13.3. The van der Waals surface area contributed by atoms with Crippen molar-refractivity contribution >= 4 is 46.6 Å². The number of unbranched alkanes of at least 4 members (excludes halogenated alkanes) is 1. The molecule has 2 bridgehead atoms. The third kappa shape index (κ3) is 4.36. The van der Waals surface area contributed by atoms with Gasteiger partial charge >= 0.3 is 0 Å². The van der Waals surface area contributed by atoms with Crippen LogP contribution in [0.5, 0.6) is 0 Å². The van der Waals surface area contributed by atoms with Gasteiger partial charge in [-0.05, 0) is 37.5 Å². The Bertz CT molecular complexity index is 1040. The van der Waals surface area contributed by atoms with Crippen LogP contribution in [0.4, 0.5) is 5.69 Å². The number of carbonyl (C=O) groups is 3. The van der Waals surface area contributed by atoms with Gasteiger partial charge in [-0.1, -0.05) is 68.0 Å². The maximum atomic E-state index is 13.8. The number of benzene rings is 1. The average Bonchev–Trinajstić information content (AvgIpc) is 3.45. The topological polar surface area (TPSA) is 87.7 Å². The van der Waals surface area contributed by atoms with E-state index >= 15 is 0 Å². The highest BCUT2D eigenvalue weighted by Gasteiger charge is 2.72. The van der Waals surface area contributed by atoms with E-state index < -0.39 is 29.6 Å². The molecule has 1 aromatic rings. The molecule has 1 saturated carbocycles. The molecule has 3 amide bonds. The number of likely N-dealkylation sites (tertiary alicyclic amines) is 1. The Morgan fingerprint density at radius 2 is 1.83 bits per heavy atom. The highest BCUT2D eigenvalue weighted by Crippen LogP contribution is 2.55. The molecule has 3 heterocycles. The van der Waals surface area contributed by atoms with Gasteiger partial charge in [0.25, 0.3) is 0 Å². The first kappa shape index (κ1) is 24.6. The van der Waals surface area contributed by atoms with E-state index in [1.165, 1.54) is 6.42 Å². The minimum absolute atomic E-state index is 0.115. The van der Waals surface area contributed by atoms with Crippen molar-refractivity contribution in [3.8, 4) is 0 Å². The molecule has 0 aromatic heterocycles. The van der Waals surface area contributed by atoms with Gasteiger partial charge in [0, 0.05) is 28.3 Å². The predicted molar refractivity (Wildman–Crippen MR) is 134 cm³/mol. The van der Waals surface area contributed by atoms with Crippen LogP contribution >= 0.6 is 23.2 Å². The van der Waals surface area contributed by atoms with E-state index in [-0.39, 0.29) is 23.8 Å². The lowest BCUT2D eigenvalue weighted by Gasteiger charge is -2.34. The number of ether oxygens (including phenoxy) is 1. The number of rotatable bonds is 7. The largest absolute Gasteiger partial charge is 0.359 e. The van der Waals surface area contributed by atoms with Crippen LogP contribution < -0.4 is 10.6 Å². The number of hydrogen-bond donors (Lipinski definition) is 2. The van der Waals surface area contributed by atoms with Crippen molar-refractivity contribution in [1.29, 1.82) is 0 Å². The molecule has 1 aromatic carbocycles. The fourth-order valence-corrected chi connectivity index (χ4v) is 6.74. The van der Waals surface area contributed by atoms with Gasteiger partial charge in [-0.25, -0.2) is 0 Å². The van der Waals surface area contributed by atoms with Crippen LogP contribution in [0.25, 0.3) is 0 Å². The van der Waals surface area contributed by atoms with Gasteiger partial charge in [0.15, 0.2) is 0 Å². The fraction of sp³-hybridized carbons (Fsp3) is 0.577. The summed E-state index contributed by atoms with van der Waals surface area (Å²) in [7, 11) is 0. The Kier molecular flexibility index (Phi) is 6.85. The van der Waals surface area contributed by atoms with Crippen LogP contribution in [0.3, 0.4) is 0 Å². The van der Waals surface area contributed by atoms with Crippen molar-refractivity contribution in [3.05, 3.63) is 40.4 Å². The lowest BCUT2D eigenvalue weighted by molar-refractivity contribution is -0.141. The zero-order valence-corrected chi connectivity index (χ0v) is 21.3. The van der Waals surface area contributed by atoms with E-state index in [1.54, 1.807) is 23.1 Å². The summed E-state index contributed by atoms with van der Waals surface area (Å²) in [6, 6.07) is 4.13. The quantitative estimate of drug-likeness (QED) is 0.524. The molecular formula is C26H31Cl2N3O4. The molecule has 5 rings (SSSR count).